The zero-order valence-electron chi connectivity index (χ0n) is 12.7. The first kappa shape index (κ1) is 15.9. The van der Waals surface area contributed by atoms with Crippen LogP contribution in [0.1, 0.15) is 16.2 Å². The number of β-amino-alcohol motifs (C(OH)–C–C–N with tert-alkyl or cyclic N) is 1. The Balaban J connectivity index is 1.72. The number of aliphatic hydroxyl groups excluding tert-OH is 1. The highest BCUT2D eigenvalue weighted by molar-refractivity contribution is 6.30. The average Bonchev–Trinajstić information content (AvgIpc) is 3.11. The van der Waals surface area contributed by atoms with Crippen molar-refractivity contribution in [3.8, 4) is 5.69 Å². The van der Waals surface area contributed by atoms with Crippen LogP contribution < -0.4 is 10.6 Å². The normalized spacial score (nSPS) is 20.7. The molecule has 1 fully saturated rings. The van der Waals surface area contributed by atoms with Crippen molar-refractivity contribution in [2.24, 2.45) is 5.92 Å². The van der Waals surface area contributed by atoms with E-state index in [4.69, 9.17) is 11.6 Å². The molecule has 2 aromatic rings. The van der Waals surface area contributed by atoms with E-state index < -0.39 is 6.10 Å². The summed E-state index contributed by atoms with van der Waals surface area (Å²) < 4.78 is 1.58. The first-order valence-electron chi connectivity index (χ1n) is 7.41. The number of aliphatic hydroxyl groups is 1. The summed E-state index contributed by atoms with van der Waals surface area (Å²) in [5, 5.41) is 24.2. The van der Waals surface area contributed by atoms with E-state index in [9.17, 15) is 9.90 Å². The summed E-state index contributed by atoms with van der Waals surface area (Å²) in [7, 11) is 0. The van der Waals surface area contributed by atoms with Crippen LogP contribution in [0.15, 0.2) is 24.3 Å². The van der Waals surface area contributed by atoms with Gasteiger partial charge < -0.3 is 15.7 Å². The minimum Gasteiger partial charge on any atom is -0.391 e. The third kappa shape index (κ3) is 3.36. The van der Waals surface area contributed by atoms with Crippen LogP contribution in [-0.2, 0) is 0 Å². The van der Waals surface area contributed by atoms with Gasteiger partial charge in [0.25, 0.3) is 5.91 Å². The fourth-order valence-corrected chi connectivity index (χ4v) is 2.81. The van der Waals surface area contributed by atoms with E-state index in [2.05, 4.69) is 20.9 Å². The van der Waals surface area contributed by atoms with E-state index in [1.807, 2.05) is 12.1 Å². The lowest BCUT2D eigenvalue weighted by atomic mass is 10.1. The molecule has 2 atom stereocenters. The van der Waals surface area contributed by atoms with Gasteiger partial charge in [-0.15, -0.1) is 5.10 Å². The first-order chi connectivity index (χ1) is 11.1. The molecular formula is C15H18ClN5O2. The number of rotatable bonds is 4. The number of halogens is 1. The van der Waals surface area contributed by atoms with E-state index in [0.717, 1.165) is 5.69 Å². The van der Waals surface area contributed by atoms with Crippen LogP contribution in [0.5, 0.6) is 0 Å². The molecule has 2 heterocycles. The topological polar surface area (TPSA) is 92.1 Å². The zero-order valence-corrected chi connectivity index (χ0v) is 13.4. The summed E-state index contributed by atoms with van der Waals surface area (Å²) in [4.78, 5) is 12.3. The molecule has 1 aliphatic rings. The highest BCUT2D eigenvalue weighted by Crippen LogP contribution is 2.17. The van der Waals surface area contributed by atoms with Crippen molar-refractivity contribution >= 4 is 17.5 Å². The second kappa shape index (κ2) is 6.66. The molecule has 1 amide bonds. The Morgan fingerprint density at radius 2 is 2.35 bits per heavy atom. The van der Waals surface area contributed by atoms with Crippen molar-refractivity contribution < 1.29 is 9.90 Å². The number of hydrogen-bond acceptors (Lipinski definition) is 5. The summed E-state index contributed by atoms with van der Waals surface area (Å²) in [5.41, 5.74) is 1.65. The highest BCUT2D eigenvalue weighted by atomic mass is 35.5. The van der Waals surface area contributed by atoms with Gasteiger partial charge in [-0.05, 0) is 25.1 Å². The van der Waals surface area contributed by atoms with Crippen molar-refractivity contribution in [1.82, 2.24) is 25.6 Å². The molecule has 1 aliphatic heterocycles. The molecule has 0 radical (unpaired) electrons. The van der Waals surface area contributed by atoms with Gasteiger partial charge in [0.1, 0.15) is 0 Å². The van der Waals surface area contributed by atoms with Gasteiger partial charge in [0, 0.05) is 30.6 Å². The van der Waals surface area contributed by atoms with E-state index in [-0.39, 0.29) is 17.5 Å². The number of aromatic nitrogens is 3. The van der Waals surface area contributed by atoms with Gasteiger partial charge in [0.15, 0.2) is 5.69 Å². The maximum Gasteiger partial charge on any atom is 0.273 e. The van der Waals surface area contributed by atoms with E-state index >= 15 is 0 Å². The molecule has 3 N–H and O–H groups in total. The Kier molecular flexibility index (Phi) is 4.61. The maximum absolute atomic E-state index is 12.3. The van der Waals surface area contributed by atoms with Crippen LogP contribution in [0.2, 0.25) is 5.02 Å². The largest absolute Gasteiger partial charge is 0.391 e. The number of nitrogens with one attached hydrogen (secondary N) is 2. The molecule has 1 aromatic heterocycles. The fourth-order valence-electron chi connectivity index (χ4n) is 2.63. The number of nitrogens with zero attached hydrogens (tertiary/aromatic N) is 3. The third-order valence-corrected chi connectivity index (χ3v) is 4.23. The Labute approximate surface area is 138 Å². The van der Waals surface area contributed by atoms with Gasteiger partial charge in [0.05, 0.1) is 17.5 Å². The number of amides is 1. The van der Waals surface area contributed by atoms with Crippen LogP contribution in [0.4, 0.5) is 0 Å². The minimum atomic E-state index is -0.432. The lowest BCUT2D eigenvalue weighted by molar-refractivity contribution is 0.0921. The van der Waals surface area contributed by atoms with Gasteiger partial charge in [-0.3, -0.25) is 4.79 Å². The van der Waals surface area contributed by atoms with Gasteiger partial charge in [-0.1, -0.05) is 22.9 Å². The molecule has 2 unspecified atom stereocenters. The summed E-state index contributed by atoms with van der Waals surface area (Å²) in [6.07, 6.45) is -0.432. The fraction of sp³-hybridized carbons (Fsp3) is 0.400. The summed E-state index contributed by atoms with van der Waals surface area (Å²) in [6, 6.07) is 7.18. The van der Waals surface area contributed by atoms with Crippen molar-refractivity contribution in [3.05, 3.63) is 40.7 Å². The average molecular weight is 336 g/mol. The predicted molar refractivity (Wildman–Crippen MR) is 85.8 cm³/mol. The van der Waals surface area contributed by atoms with Crippen molar-refractivity contribution in [2.75, 3.05) is 19.6 Å². The van der Waals surface area contributed by atoms with Gasteiger partial charge in [-0.25, -0.2) is 4.68 Å². The third-order valence-electron chi connectivity index (χ3n) is 3.99. The summed E-state index contributed by atoms with van der Waals surface area (Å²) in [6.45, 7) is 3.43. The molecule has 1 saturated heterocycles. The standard InChI is InChI=1S/C15H18ClN5O2/c1-9-14(15(23)18-7-10-6-17-8-13(10)22)19-20-21(9)12-4-2-3-11(16)5-12/h2-5,10,13,17,22H,6-8H2,1H3,(H,18,23). The molecule has 7 nitrogen and oxygen atoms in total. The van der Waals surface area contributed by atoms with Crippen LogP contribution in [0.25, 0.3) is 5.69 Å². The van der Waals surface area contributed by atoms with Crippen molar-refractivity contribution in [3.63, 3.8) is 0 Å². The van der Waals surface area contributed by atoms with E-state index in [1.165, 1.54) is 0 Å². The second-order valence-electron chi connectivity index (χ2n) is 5.61. The molecular weight excluding hydrogens is 318 g/mol. The maximum atomic E-state index is 12.3. The Bertz CT molecular complexity index is 718. The smallest absolute Gasteiger partial charge is 0.273 e. The Morgan fingerprint density at radius 1 is 1.52 bits per heavy atom. The van der Waals surface area contributed by atoms with E-state index in [1.54, 1.807) is 23.7 Å². The van der Waals surface area contributed by atoms with Crippen LogP contribution >= 0.6 is 11.6 Å². The van der Waals surface area contributed by atoms with Crippen molar-refractivity contribution in [1.29, 1.82) is 0 Å². The van der Waals surface area contributed by atoms with Gasteiger partial charge >= 0.3 is 0 Å². The first-order valence-corrected chi connectivity index (χ1v) is 7.79. The molecule has 122 valence electrons. The molecule has 1 aromatic carbocycles. The highest BCUT2D eigenvalue weighted by Gasteiger charge is 2.26. The SMILES string of the molecule is Cc1c(C(=O)NCC2CNCC2O)nnn1-c1cccc(Cl)c1. The lowest BCUT2D eigenvalue weighted by Gasteiger charge is -2.13. The molecule has 8 heteroatoms. The second-order valence-corrected chi connectivity index (χ2v) is 6.05. The summed E-state index contributed by atoms with van der Waals surface area (Å²) in [5.74, 6) is -0.280. The molecule has 0 bridgehead atoms. The molecule has 0 aliphatic carbocycles. The van der Waals surface area contributed by atoms with Crippen LogP contribution in [0.3, 0.4) is 0 Å². The number of hydrogen-bond donors (Lipinski definition) is 3. The zero-order chi connectivity index (χ0) is 16.4. The van der Waals surface area contributed by atoms with Gasteiger partial charge in [0.2, 0.25) is 0 Å². The van der Waals surface area contributed by atoms with Crippen LogP contribution in [-0.4, -0.2) is 51.7 Å². The summed E-state index contributed by atoms with van der Waals surface area (Å²) >= 11 is 5.98. The minimum absolute atomic E-state index is 0.0160. The Morgan fingerprint density at radius 3 is 3.04 bits per heavy atom. The quantitative estimate of drug-likeness (QED) is 0.758. The lowest BCUT2D eigenvalue weighted by Crippen LogP contribution is -2.34. The van der Waals surface area contributed by atoms with Crippen LogP contribution in [0, 0.1) is 12.8 Å². The monoisotopic (exact) mass is 335 g/mol. The Hall–Kier alpha value is -1.96. The number of carbonyl (C=O) groups excluding carboxylic acids is 1. The van der Waals surface area contributed by atoms with E-state index in [0.29, 0.717) is 30.4 Å². The number of benzene rings is 1. The number of carbonyl (C=O) groups is 1. The molecule has 0 saturated carbocycles. The molecule has 23 heavy (non-hydrogen) atoms. The predicted octanol–water partition coefficient (Wildman–Crippen LogP) is 0.539. The molecule has 0 spiro atoms. The van der Waals surface area contributed by atoms with Gasteiger partial charge in [-0.2, -0.15) is 0 Å². The van der Waals surface area contributed by atoms with Crippen molar-refractivity contribution in [2.45, 2.75) is 13.0 Å². The molecule has 3 rings (SSSR count).